The SMILES string of the molecule is Cn1c(=O)c2cc(C(=O)Nc3cccc4ncccc34)cnc2n(C)c1=O. The number of pyridine rings is 2. The summed E-state index contributed by atoms with van der Waals surface area (Å²) in [6.07, 6.45) is 3.03. The van der Waals surface area contributed by atoms with E-state index in [1.807, 2.05) is 12.1 Å². The molecule has 0 saturated heterocycles. The van der Waals surface area contributed by atoms with Gasteiger partial charge in [0.15, 0.2) is 0 Å². The van der Waals surface area contributed by atoms with E-state index < -0.39 is 17.2 Å². The summed E-state index contributed by atoms with van der Waals surface area (Å²) in [5.41, 5.74) is 0.855. The second-order valence-corrected chi connectivity index (χ2v) is 6.13. The van der Waals surface area contributed by atoms with E-state index in [1.165, 1.54) is 30.9 Å². The quantitative estimate of drug-likeness (QED) is 0.582. The summed E-state index contributed by atoms with van der Waals surface area (Å²) < 4.78 is 2.26. The van der Waals surface area contributed by atoms with Crippen LogP contribution in [-0.4, -0.2) is 25.0 Å². The zero-order valence-corrected chi connectivity index (χ0v) is 14.6. The van der Waals surface area contributed by atoms with Crippen LogP contribution in [0, 0.1) is 0 Å². The van der Waals surface area contributed by atoms with Crippen molar-refractivity contribution in [2.75, 3.05) is 5.32 Å². The zero-order chi connectivity index (χ0) is 19.1. The Bertz CT molecular complexity index is 1330. The lowest BCUT2D eigenvalue weighted by molar-refractivity contribution is 0.102. The maximum absolute atomic E-state index is 12.7. The third-order valence-corrected chi connectivity index (χ3v) is 4.45. The van der Waals surface area contributed by atoms with Crippen LogP contribution >= 0.6 is 0 Å². The third-order valence-electron chi connectivity index (χ3n) is 4.45. The summed E-state index contributed by atoms with van der Waals surface area (Å²) >= 11 is 0. The number of hydrogen-bond acceptors (Lipinski definition) is 5. The van der Waals surface area contributed by atoms with E-state index in [2.05, 4.69) is 15.3 Å². The average Bonchev–Trinajstić information content (AvgIpc) is 2.70. The molecule has 0 aliphatic carbocycles. The van der Waals surface area contributed by atoms with Crippen LogP contribution in [0.15, 0.2) is 58.4 Å². The van der Waals surface area contributed by atoms with E-state index in [-0.39, 0.29) is 16.6 Å². The molecule has 0 radical (unpaired) electrons. The standard InChI is InChI=1S/C19H15N5O3/c1-23-16-13(18(26)24(2)19(23)27)9-11(10-21-16)17(25)22-15-7-3-6-14-12(15)5-4-8-20-14/h3-10H,1-2H3,(H,22,25). The van der Waals surface area contributed by atoms with Gasteiger partial charge in [-0.15, -0.1) is 0 Å². The summed E-state index contributed by atoms with van der Waals surface area (Å²) in [6.45, 7) is 0. The fourth-order valence-corrected chi connectivity index (χ4v) is 3.00. The van der Waals surface area contributed by atoms with Gasteiger partial charge in [0.2, 0.25) is 0 Å². The van der Waals surface area contributed by atoms with Gasteiger partial charge >= 0.3 is 5.69 Å². The number of fused-ring (bicyclic) bond motifs is 2. The number of rotatable bonds is 2. The summed E-state index contributed by atoms with van der Waals surface area (Å²) in [4.78, 5) is 45.5. The lowest BCUT2D eigenvalue weighted by Gasteiger charge is -2.10. The van der Waals surface area contributed by atoms with Crippen molar-refractivity contribution in [3.63, 3.8) is 0 Å². The predicted octanol–water partition coefficient (Wildman–Crippen LogP) is 1.43. The number of benzene rings is 1. The van der Waals surface area contributed by atoms with Crippen molar-refractivity contribution in [3.8, 4) is 0 Å². The Labute approximate surface area is 152 Å². The fourth-order valence-electron chi connectivity index (χ4n) is 3.00. The van der Waals surface area contributed by atoms with Gasteiger partial charge in [-0.25, -0.2) is 9.78 Å². The molecule has 0 atom stereocenters. The smallest absolute Gasteiger partial charge is 0.321 e. The molecule has 0 aliphatic rings. The molecule has 0 saturated carbocycles. The van der Waals surface area contributed by atoms with Crippen molar-refractivity contribution in [1.82, 2.24) is 19.1 Å². The van der Waals surface area contributed by atoms with Crippen LogP contribution in [0.4, 0.5) is 5.69 Å². The van der Waals surface area contributed by atoms with Crippen LogP contribution in [0.25, 0.3) is 21.9 Å². The number of amides is 1. The van der Waals surface area contributed by atoms with Gasteiger partial charge in [0.25, 0.3) is 11.5 Å². The van der Waals surface area contributed by atoms with Crippen LogP contribution in [0.1, 0.15) is 10.4 Å². The monoisotopic (exact) mass is 361 g/mol. The molecule has 8 nitrogen and oxygen atoms in total. The van der Waals surface area contributed by atoms with Crippen LogP contribution in [-0.2, 0) is 14.1 Å². The molecule has 1 aromatic carbocycles. The summed E-state index contributed by atoms with van der Waals surface area (Å²) in [6, 6.07) is 10.5. The minimum atomic E-state index is -0.496. The molecular formula is C19H15N5O3. The van der Waals surface area contributed by atoms with Crippen LogP contribution in [0.2, 0.25) is 0 Å². The van der Waals surface area contributed by atoms with Gasteiger partial charge in [0, 0.05) is 31.9 Å². The Morgan fingerprint density at radius 1 is 1.00 bits per heavy atom. The number of nitrogens with zero attached hydrogens (tertiary/aromatic N) is 4. The van der Waals surface area contributed by atoms with Crippen molar-refractivity contribution in [1.29, 1.82) is 0 Å². The normalized spacial score (nSPS) is 11.0. The van der Waals surface area contributed by atoms with Gasteiger partial charge in [-0.3, -0.25) is 23.7 Å². The second-order valence-electron chi connectivity index (χ2n) is 6.13. The molecule has 0 spiro atoms. The van der Waals surface area contributed by atoms with Crippen LogP contribution in [0.5, 0.6) is 0 Å². The number of carbonyl (C=O) groups is 1. The average molecular weight is 361 g/mol. The van der Waals surface area contributed by atoms with Crippen LogP contribution < -0.4 is 16.6 Å². The highest BCUT2D eigenvalue weighted by molar-refractivity contribution is 6.09. The largest absolute Gasteiger partial charge is 0.332 e. The van der Waals surface area contributed by atoms with E-state index in [0.29, 0.717) is 5.69 Å². The van der Waals surface area contributed by atoms with Gasteiger partial charge in [-0.2, -0.15) is 0 Å². The summed E-state index contributed by atoms with van der Waals surface area (Å²) in [5, 5.41) is 3.84. The molecule has 3 heterocycles. The Balaban J connectivity index is 1.79. The molecule has 4 aromatic rings. The Morgan fingerprint density at radius 2 is 1.81 bits per heavy atom. The highest BCUT2D eigenvalue weighted by atomic mass is 16.2. The molecule has 134 valence electrons. The Hall–Kier alpha value is -3.81. The molecule has 27 heavy (non-hydrogen) atoms. The minimum Gasteiger partial charge on any atom is -0.321 e. The molecule has 1 amide bonds. The highest BCUT2D eigenvalue weighted by Crippen LogP contribution is 2.22. The maximum atomic E-state index is 12.7. The first kappa shape index (κ1) is 16.6. The Kier molecular flexibility index (Phi) is 3.80. The Morgan fingerprint density at radius 3 is 2.63 bits per heavy atom. The molecule has 0 fully saturated rings. The first-order valence-corrected chi connectivity index (χ1v) is 8.18. The first-order valence-electron chi connectivity index (χ1n) is 8.18. The van der Waals surface area contributed by atoms with Crippen molar-refractivity contribution < 1.29 is 4.79 Å². The molecule has 3 aromatic heterocycles. The van der Waals surface area contributed by atoms with Crippen molar-refractivity contribution in [3.05, 3.63) is 75.2 Å². The molecule has 0 bridgehead atoms. The van der Waals surface area contributed by atoms with E-state index in [0.717, 1.165) is 15.5 Å². The van der Waals surface area contributed by atoms with Crippen molar-refractivity contribution >= 4 is 33.5 Å². The van der Waals surface area contributed by atoms with Crippen molar-refractivity contribution in [2.45, 2.75) is 0 Å². The highest BCUT2D eigenvalue weighted by Gasteiger charge is 2.14. The van der Waals surface area contributed by atoms with Gasteiger partial charge in [-0.05, 0) is 30.3 Å². The predicted molar refractivity (Wildman–Crippen MR) is 102 cm³/mol. The molecule has 0 aliphatic heterocycles. The van der Waals surface area contributed by atoms with Gasteiger partial charge in [0.05, 0.1) is 22.2 Å². The van der Waals surface area contributed by atoms with Gasteiger partial charge in [0.1, 0.15) is 5.65 Å². The van der Waals surface area contributed by atoms with E-state index in [1.54, 1.807) is 24.4 Å². The van der Waals surface area contributed by atoms with Crippen LogP contribution in [0.3, 0.4) is 0 Å². The topological polar surface area (TPSA) is 98.9 Å². The summed E-state index contributed by atoms with van der Waals surface area (Å²) in [5.74, 6) is -0.406. The third kappa shape index (κ3) is 2.67. The fraction of sp³-hybridized carbons (Fsp3) is 0.105. The number of nitrogens with one attached hydrogen (secondary N) is 1. The zero-order valence-electron chi connectivity index (χ0n) is 14.6. The lowest BCUT2D eigenvalue weighted by Crippen LogP contribution is -2.37. The number of aryl methyl sites for hydroxylation is 1. The number of carbonyl (C=O) groups excluding carboxylic acids is 1. The van der Waals surface area contributed by atoms with E-state index in [9.17, 15) is 14.4 Å². The number of aromatic nitrogens is 4. The number of hydrogen-bond donors (Lipinski definition) is 1. The summed E-state index contributed by atoms with van der Waals surface area (Å²) in [7, 11) is 2.92. The van der Waals surface area contributed by atoms with E-state index in [4.69, 9.17) is 0 Å². The molecular weight excluding hydrogens is 346 g/mol. The van der Waals surface area contributed by atoms with E-state index >= 15 is 0 Å². The second kappa shape index (κ2) is 6.17. The molecule has 1 N–H and O–H groups in total. The minimum absolute atomic E-state index is 0.201. The lowest BCUT2D eigenvalue weighted by atomic mass is 10.1. The molecule has 4 rings (SSSR count). The first-order chi connectivity index (χ1) is 13.0. The molecule has 8 heteroatoms. The van der Waals surface area contributed by atoms with Gasteiger partial charge < -0.3 is 5.32 Å². The number of anilines is 1. The maximum Gasteiger partial charge on any atom is 0.332 e. The van der Waals surface area contributed by atoms with Gasteiger partial charge in [-0.1, -0.05) is 6.07 Å². The molecule has 0 unspecified atom stereocenters. The van der Waals surface area contributed by atoms with Crippen molar-refractivity contribution in [2.24, 2.45) is 14.1 Å².